The number of ether oxygens (including phenoxy) is 1. The summed E-state index contributed by atoms with van der Waals surface area (Å²) in [6.07, 6.45) is 0.0380. The van der Waals surface area contributed by atoms with Gasteiger partial charge in [0.15, 0.2) is 0 Å². The van der Waals surface area contributed by atoms with Gasteiger partial charge in [-0.3, -0.25) is 4.79 Å². The average Bonchev–Trinajstić information content (AvgIpc) is 2.49. The Hall–Kier alpha value is -2.36. The van der Waals surface area contributed by atoms with Gasteiger partial charge in [-0.05, 0) is 48.7 Å². The van der Waals surface area contributed by atoms with E-state index in [9.17, 15) is 9.18 Å². The van der Waals surface area contributed by atoms with Gasteiger partial charge in [0.2, 0.25) is 5.91 Å². The number of hydrogen-bond acceptors (Lipinski definition) is 2. The number of carbonyl (C=O) groups is 1. The topological polar surface area (TPSA) is 38.3 Å². The first kappa shape index (κ1) is 16.0. The van der Waals surface area contributed by atoms with Crippen LogP contribution < -0.4 is 10.1 Å². The Kier molecular flexibility index (Phi) is 5.53. The van der Waals surface area contributed by atoms with Crippen molar-refractivity contribution >= 4 is 5.91 Å². The van der Waals surface area contributed by atoms with Crippen molar-refractivity contribution in [3.63, 3.8) is 0 Å². The summed E-state index contributed by atoms with van der Waals surface area (Å²) in [7, 11) is 0. The van der Waals surface area contributed by atoms with E-state index in [0.717, 1.165) is 5.75 Å². The lowest BCUT2D eigenvalue weighted by Crippen LogP contribution is -2.29. The van der Waals surface area contributed by atoms with Crippen LogP contribution in [0.15, 0.2) is 42.5 Å². The predicted octanol–water partition coefficient (Wildman–Crippen LogP) is 3.18. The molecule has 116 valence electrons. The van der Waals surface area contributed by atoms with Crippen LogP contribution in [0.4, 0.5) is 4.39 Å². The summed E-state index contributed by atoms with van der Waals surface area (Å²) in [6, 6.07) is 12.2. The van der Waals surface area contributed by atoms with Crippen LogP contribution in [0.3, 0.4) is 0 Å². The predicted molar refractivity (Wildman–Crippen MR) is 84.5 cm³/mol. The molecule has 0 fully saturated rings. The molecule has 0 saturated heterocycles. The third-order valence-corrected chi connectivity index (χ3v) is 3.48. The summed E-state index contributed by atoms with van der Waals surface area (Å²) in [5.74, 6) is 0.212. The van der Waals surface area contributed by atoms with E-state index in [-0.39, 0.29) is 18.1 Å². The van der Waals surface area contributed by atoms with Crippen LogP contribution in [0.5, 0.6) is 5.75 Å². The van der Waals surface area contributed by atoms with Gasteiger partial charge in [0, 0.05) is 0 Å². The molecule has 0 radical (unpaired) electrons. The maximum absolute atomic E-state index is 13.4. The fraction of sp³-hybridized carbons (Fsp3) is 0.278. The van der Waals surface area contributed by atoms with Crippen molar-refractivity contribution < 1.29 is 13.9 Å². The van der Waals surface area contributed by atoms with E-state index in [4.69, 9.17) is 4.74 Å². The van der Waals surface area contributed by atoms with Gasteiger partial charge >= 0.3 is 0 Å². The normalized spacial score (nSPS) is 10.3. The smallest absolute Gasteiger partial charge is 0.224 e. The van der Waals surface area contributed by atoms with Crippen molar-refractivity contribution in [3.05, 3.63) is 65.0 Å². The van der Waals surface area contributed by atoms with E-state index < -0.39 is 0 Å². The van der Waals surface area contributed by atoms with Gasteiger partial charge in [-0.25, -0.2) is 4.39 Å². The summed E-state index contributed by atoms with van der Waals surface area (Å²) in [5.41, 5.74) is 2.78. The van der Waals surface area contributed by atoms with Crippen LogP contribution in [-0.2, 0) is 11.2 Å². The summed E-state index contributed by atoms with van der Waals surface area (Å²) >= 11 is 0. The SMILES string of the molecule is Cc1ccc(OCCNC(=O)Cc2ccccc2F)cc1C. The quantitative estimate of drug-likeness (QED) is 0.832. The zero-order valence-electron chi connectivity index (χ0n) is 12.9. The maximum Gasteiger partial charge on any atom is 0.224 e. The van der Waals surface area contributed by atoms with Gasteiger partial charge in [-0.1, -0.05) is 24.3 Å². The molecular weight excluding hydrogens is 281 g/mol. The average molecular weight is 301 g/mol. The zero-order chi connectivity index (χ0) is 15.9. The first-order valence-corrected chi connectivity index (χ1v) is 7.26. The van der Waals surface area contributed by atoms with Gasteiger partial charge in [-0.2, -0.15) is 0 Å². The molecule has 0 atom stereocenters. The number of amides is 1. The Morgan fingerprint density at radius 2 is 1.91 bits per heavy atom. The molecule has 0 saturated carbocycles. The van der Waals surface area contributed by atoms with E-state index in [1.165, 1.54) is 17.2 Å². The minimum absolute atomic E-state index is 0.0380. The Labute approximate surface area is 130 Å². The number of aryl methyl sites for hydroxylation is 2. The summed E-state index contributed by atoms with van der Waals surface area (Å²) in [4.78, 5) is 11.7. The monoisotopic (exact) mass is 301 g/mol. The Morgan fingerprint density at radius 3 is 2.64 bits per heavy atom. The molecule has 0 aliphatic heterocycles. The van der Waals surface area contributed by atoms with E-state index >= 15 is 0 Å². The fourth-order valence-corrected chi connectivity index (χ4v) is 2.04. The molecule has 3 nitrogen and oxygen atoms in total. The van der Waals surface area contributed by atoms with Gasteiger partial charge in [0.1, 0.15) is 18.2 Å². The number of hydrogen-bond donors (Lipinski definition) is 1. The molecular formula is C18H20FNO2. The van der Waals surface area contributed by atoms with Crippen molar-refractivity contribution in [3.8, 4) is 5.75 Å². The second-order valence-electron chi connectivity index (χ2n) is 5.21. The molecule has 2 aromatic rings. The molecule has 0 bridgehead atoms. The van der Waals surface area contributed by atoms with E-state index in [1.807, 2.05) is 32.0 Å². The molecule has 1 N–H and O–H groups in total. The lowest BCUT2D eigenvalue weighted by Gasteiger charge is -2.09. The molecule has 0 spiro atoms. The van der Waals surface area contributed by atoms with Crippen molar-refractivity contribution in [2.24, 2.45) is 0 Å². The summed E-state index contributed by atoms with van der Waals surface area (Å²) in [5, 5.41) is 2.72. The third kappa shape index (κ3) is 4.58. The van der Waals surface area contributed by atoms with Crippen molar-refractivity contribution in [1.29, 1.82) is 0 Å². The second kappa shape index (κ2) is 7.59. The second-order valence-corrected chi connectivity index (χ2v) is 5.21. The van der Waals surface area contributed by atoms with Crippen LogP contribution in [-0.4, -0.2) is 19.1 Å². The lowest BCUT2D eigenvalue weighted by atomic mass is 10.1. The highest BCUT2D eigenvalue weighted by Crippen LogP contribution is 2.16. The first-order chi connectivity index (χ1) is 10.6. The highest BCUT2D eigenvalue weighted by Gasteiger charge is 2.07. The summed E-state index contributed by atoms with van der Waals surface area (Å²) in [6.45, 7) is 4.84. The largest absolute Gasteiger partial charge is 0.492 e. The molecule has 0 aliphatic carbocycles. The zero-order valence-corrected chi connectivity index (χ0v) is 12.9. The molecule has 0 unspecified atom stereocenters. The highest BCUT2D eigenvalue weighted by atomic mass is 19.1. The van der Waals surface area contributed by atoms with E-state index in [0.29, 0.717) is 18.7 Å². The summed E-state index contributed by atoms with van der Waals surface area (Å²) < 4.78 is 19.0. The van der Waals surface area contributed by atoms with Crippen LogP contribution in [0.2, 0.25) is 0 Å². The number of nitrogens with one attached hydrogen (secondary N) is 1. The Bertz CT molecular complexity index is 655. The van der Waals surface area contributed by atoms with Gasteiger partial charge in [0.25, 0.3) is 0 Å². The standard InChI is InChI=1S/C18H20FNO2/c1-13-7-8-16(11-14(13)2)22-10-9-20-18(21)12-15-5-3-4-6-17(15)19/h3-8,11H,9-10,12H2,1-2H3,(H,20,21). The minimum atomic E-state index is -0.357. The molecule has 1 amide bonds. The number of carbonyl (C=O) groups excluding carboxylic acids is 1. The third-order valence-electron chi connectivity index (χ3n) is 3.48. The van der Waals surface area contributed by atoms with E-state index in [1.54, 1.807) is 18.2 Å². The van der Waals surface area contributed by atoms with Crippen molar-refractivity contribution in [2.75, 3.05) is 13.2 Å². The van der Waals surface area contributed by atoms with Gasteiger partial charge < -0.3 is 10.1 Å². The molecule has 2 aromatic carbocycles. The fourth-order valence-electron chi connectivity index (χ4n) is 2.04. The van der Waals surface area contributed by atoms with Crippen LogP contribution in [0.25, 0.3) is 0 Å². The van der Waals surface area contributed by atoms with Gasteiger partial charge in [-0.15, -0.1) is 0 Å². The molecule has 4 heteroatoms. The maximum atomic E-state index is 13.4. The Morgan fingerprint density at radius 1 is 1.14 bits per heavy atom. The lowest BCUT2D eigenvalue weighted by molar-refractivity contribution is -0.120. The van der Waals surface area contributed by atoms with Crippen molar-refractivity contribution in [1.82, 2.24) is 5.32 Å². The van der Waals surface area contributed by atoms with E-state index in [2.05, 4.69) is 5.32 Å². The van der Waals surface area contributed by atoms with Crippen LogP contribution in [0, 0.1) is 19.7 Å². The molecule has 0 aliphatic rings. The molecule has 0 heterocycles. The molecule has 22 heavy (non-hydrogen) atoms. The molecule has 2 rings (SSSR count). The number of benzene rings is 2. The molecule has 0 aromatic heterocycles. The highest BCUT2D eigenvalue weighted by molar-refractivity contribution is 5.78. The van der Waals surface area contributed by atoms with Crippen molar-refractivity contribution in [2.45, 2.75) is 20.3 Å². The minimum Gasteiger partial charge on any atom is -0.492 e. The van der Waals surface area contributed by atoms with Crippen LogP contribution >= 0.6 is 0 Å². The Balaban J connectivity index is 1.73. The number of rotatable bonds is 6. The van der Waals surface area contributed by atoms with Gasteiger partial charge in [0.05, 0.1) is 13.0 Å². The van der Waals surface area contributed by atoms with Crippen LogP contribution in [0.1, 0.15) is 16.7 Å². The first-order valence-electron chi connectivity index (χ1n) is 7.26. The number of halogens is 1.